The van der Waals surface area contributed by atoms with Gasteiger partial charge in [0.2, 0.25) is 0 Å². The first-order valence-electron chi connectivity index (χ1n) is 10.5. The Labute approximate surface area is 174 Å². The van der Waals surface area contributed by atoms with E-state index in [1.54, 1.807) is 18.2 Å². The summed E-state index contributed by atoms with van der Waals surface area (Å²) in [4.78, 5) is 17.2. The lowest BCUT2D eigenvalue weighted by Gasteiger charge is -2.23. The van der Waals surface area contributed by atoms with Crippen molar-refractivity contribution < 1.29 is 19.7 Å². The summed E-state index contributed by atoms with van der Waals surface area (Å²) >= 11 is 0. The van der Waals surface area contributed by atoms with Gasteiger partial charge in [0.25, 0.3) is 0 Å². The van der Waals surface area contributed by atoms with Gasteiger partial charge in [0.1, 0.15) is 5.75 Å². The summed E-state index contributed by atoms with van der Waals surface area (Å²) in [6, 6.07) is 4.99. The fourth-order valence-electron chi connectivity index (χ4n) is 4.56. The first-order chi connectivity index (χ1) is 14.4. The summed E-state index contributed by atoms with van der Waals surface area (Å²) in [5.41, 5.74) is 4.74. The average molecular weight is 407 g/mol. The first-order valence-corrected chi connectivity index (χ1v) is 10.5. The molecule has 3 heterocycles. The van der Waals surface area contributed by atoms with E-state index in [1.165, 1.54) is 0 Å². The Morgan fingerprint density at radius 2 is 1.87 bits per heavy atom. The van der Waals surface area contributed by atoms with Gasteiger partial charge in [-0.1, -0.05) is 0 Å². The number of rotatable bonds is 4. The normalized spacial score (nSPS) is 19.3. The van der Waals surface area contributed by atoms with Gasteiger partial charge in [0.05, 0.1) is 22.3 Å². The molecular formula is C23H25N3O4. The predicted molar refractivity (Wildman–Crippen MR) is 112 cm³/mol. The molecule has 1 saturated heterocycles. The number of pyridine rings is 1. The quantitative estimate of drug-likeness (QED) is 0.651. The summed E-state index contributed by atoms with van der Waals surface area (Å²) in [6.07, 6.45) is 4.73. The summed E-state index contributed by atoms with van der Waals surface area (Å²) in [5, 5.41) is 25.4. The van der Waals surface area contributed by atoms with Crippen molar-refractivity contribution >= 4 is 17.0 Å². The number of aromatic hydroxyl groups is 1. The lowest BCUT2D eigenvalue weighted by atomic mass is 9.97. The zero-order valence-corrected chi connectivity index (χ0v) is 17.2. The van der Waals surface area contributed by atoms with Crippen LogP contribution in [0.25, 0.3) is 22.3 Å². The van der Waals surface area contributed by atoms with Gasteiger partial charge in [-0.25, -0.2) is 14.5 Å². The van der Waals surface area contributed by atoms with Crippen LogP contribution in [0.5, 0.6) is 5.75 Å². The minimum absolute atomic E-state index is 0.185. The highest BCUT2D eigenvalue weighted by Gasteiger charge is 2.34. The standard InChI is InChI=1S/C23H25N3O4/c1-12-9-15(27)10-13(2)19(12)17-11-16(23(28)29)20-21(14-6-7-14)25-26(22(20)24-17)18-5-3-4-8-30-18/h9-11,14,18,27H,3-8H2,1-2H3,(H,28,29). The molecule has 1 saturated carbocycles. The van der Waals surface area contributed by atoms with Crippen LogP contribution in [0, 0.1) is 13.8 Å². The molecule has 2 aliphatic rings. The maximum atomic E-state index is 12.3. The zero-order valence-electron chi connectivity index (χ0n) is 17.2. The maximum Gasteiger partial charge on any atom is 0.336 e. The third-order valence-electron chi connectivity index (χ3n) is 6.09. The lowest BCUT2D eigenvalue weighted by Crippen LogP contribution is -2.19. The van der Waals surface area contributed by atoms with Crippen LogP contribution < -0.4 is 0 Å². The van der Waals surface area contributed by atoms with E-state index in [4.69, 9.17) is 14.8 Å². The number of fused-ring (bicyclic) bond motifs is 1. The molecule has 1 atom stereocenters. The smallest absolute Gasteiger partial charge is 0.336 e. The number of ether oxygens (including phenoxy) is 1. The van der Waals surface area contributed by atoms with Gasteiger partial charge in [0.15, 0.2) is 11.9 Å². The van der Waals surface area contributed by atoms with Gasteiger partial charge < -0.3 is 14.9 Å². The van der Waals surface area contributed by atoms with Crippen LogP contribution in [0.3, 0.4) is 0 Å². The number of phenols is 1. The number of carboxylic acids is 1. The SMILES string of the molecule is Cc1cc(O)cc(C)c1-c1cc(C(=O)O)c2c(C3CC3)nn(C3CCCCO3)c2n1. The number of aromatic carboxylic acids is 1. The molecule has 0 amide bonds. The van der Waals surface area contributed by atoms with Crippen LogP contribution in [-0.2, 0) is 4.74 Å². The summed E-state index contributed by atoms with van der Waals surface area (Å²) in [7, 11) is 0. The van der Waals surface area contributed by atoms with E-state index in [0.29, 0.717) is 29.3 Å². The van der Waals surface area contributed by atoms with E-state index >= 15 is 0 Å². The number of phenolic OH excluding ortho intramolecular Hbond substituents is 1. The maximum absolute atomic E-state index is 12.3. The Morgan fingerprint density at radius 3 is 2.47 bits per heavy atom. The third kappa shape index (κ3) is 3.13. The molecule has 1 unspecified atom stereocenters. The fourth-order valence-corrected chi connectivity index (χ4v) is 4.56. The number of carbonyl (C=O) groups is 1. The monoisotopic (exact) mass is 407 g/mol. The van der Waals surface area contributed by atoms with Crippen LogP contribution in [0.15, 0.2) is 18.2 Å². The number of nitrogens with zero attached hydrogens (tertiary/aromatic N) is 3. The highest BCUT2D eigenvalue weighted by Crippen LogP contribution is 2.45. The molecule has 156 valence electrons. The second kappa shape index (κ2) is 7.09. The average Bonchev–Trinajstić information content (AvgIpc) is 3.48. The van der Waals surface area contributed by atoms with Gasteiger partial charge in [-0.05, 0) is 75.3 Å². The number of aromatic nitrogens is 3. The molecule has 0 spiro atoms. The highest BCUT2D eigenvalue weighted by molar-refractivity contribution is 6.04. The molecule has 0 radical (unpaired) electrons. The van der Waals surface area contributed by atoms with Crippen LogP contribution in [0.4, 0.5) is 0 Å². The summed E-state index contributed by atoms with van der Waals surface area (Å²) in [6.45, 7) is 4.46. The van der Waals surface area contributed by atoms with Crippen molar-refractivity contribution in [2.24, 2.45) is 0 Å². The van der Waals surface area contributed by atoms with Gasteiger partial charge in [-0.15, -0.1) is 0 Å². The molecule has 1 aliphatic heterocycles. The highest BCUT2D eigenvalue weighted by atomic mass is 16.5. The van der Waals surface area contributed by atoms with Gasteiger partial charge >= 0.3 is 5.97 Å². The molecular weight excluding hydrogens is 382 g/mol. The second-order valence-electron chi connectivity index (χ2n) is 8.44. The first kappa shape index (κ1) is 19.1. The van der Waals surface area contributed by atoms with Crippen molar-refractivity contribution in [1.82, 2.24) is 14.8 Å². The number of aryl methyl sites for hydroxylation is 2. The number of benzene rings is 1. The molecule has 2 N–H and O–H groups in total. The molecule has 30 heavy (non-hydrogen) atoms. The van der Waals surface area contributed by atoms with Gasteiger partial charge in [-0.2, -0.15) is 5.10 Å². The lowest BCUT2D eigenvalue weighted by molar-refractivity contribution is -0.0372. The van der Waals surface area contributed by atoms with E-state index in [2.05, 4.69) is 0 Å². The zero-order chi connectivity index (χ0) is 21.0. The minimum Gasteiger partial charge on any atom is -0.508 e. The Hall–Kier alpha value is -2.93. The topological polar surface area (TPSA) is 97.5 Å². The summed E-state index contributed by atoms with van der Waals surface area (Å²) in [5.74, 6) is -0.506. The number of carboxylic acid groups (broad SMARTS) is 1. The van der Waals surface area contributed by atoms with Crippen molar-refractivity contribution in [2.75, 3.05) is 6.61 Å². The van der Waals surface area contributed by atoms with E-state index in [0.717, 1.165) is 54.5 Å². The fraction of sp³-hybridized carbons (Fsp3) is 0.435. The van der Waals surface area contributed by atoms with E-state index < -0.39 is 5.97 Å². The van der Waals surface area contributed by atoms with Gasteiger partial charge in [-0.3, -0.25) is 0 Å². The second-order valence-corrected chi connectivity index (χ2v) is 8.44. The number of hydrogen-bond donors (Lipinski definition) is 2. The van der Waals surface area contributed by atoms with Crippen molar-refractivity contribution in [3.05, 3.63) is 40.6 Å². The van der Waals surface area contributed by atoms with Crippen molar-refractivity contribution in [3.8, 4) is 17.0 Å². The van der Waals surface area contributed by atoms with Crippen LogP contribution in [0.2, 0.25) is 0 Å². The largest absolute Gasteiger partial charge is 0.508 e. The van der Waals surface area contributed by atoms with Crippen LogP contribution >= 0.6 is 0 Å². The summed E-state index contributed by atoms with van der Waals surface area (Å²) < 4.78 is 7.78. The molecule has 5 rings (SSSR count). The van der Waals surface area contributed by atoms with Crippen LogP contribution in [-0.4, -0.2) is 37.6 Å². The number of hydrogen-bond acceptors (Lipinski definition) is 5. The predicted octanol–water partition coefficient (Wildman–Crippen LogP) is 4.70. The molecule has 2 fully saturated rings. The molecule has 7 nitrogen and oxygen atoms in total. The van der Waals surface area contributed by atoms with E-state index in [1.807, 2.05) is 18.5 Å². The van der Waals surface area contributed by atoms with Crippen LogP contribution in [0.1, 0.15) is 71.4 Å². The Morgan fingerprint density at radius 1 is 1.13 bits per heavy atom. The Balaban J connectivity index is 1.79. The van der Waals surface area contributed by atoms with Gasteiger partial charge in [0, 0.05) is 18.1 Å². The molecule has 7 heteroatoms. The third-order valence-corrected chi connectivity index (χ3v) is 6.09. The Bertz CT molecular complexity index is 1130. The molecule has 1 aliphatic carbocycles. The molecule has 1 aromatic carbocycles. The minimum atomic E-state index is -0.983. The van der Waals surface area contributed by atoms with Crippen molar-refractivity contribution in [1.29, 1.82) is 0 Å². The van der Waals surface area contributed by atoms with Crippen molar-refractivity contribution in [2.45, 2.75) is 58.1 Å². The molecule has 0 bridgehead atoms. The molecule has 3 aromatic rings. The van der Waals surface area contributed by atoms with E-state index in [-0.39, 0.29) is 17.5 Å². The van der Waals surface area contributed by atoms with Crippen molar-refractivity contribution in [3.63, 3.8) is 0 Å². The Kier molecular flexibility index (Phi) is 4.50. The molecule has 2 aromatic heterocycles. The van der Waals surface area contributed by atoms with E-state index in [9.17, 15) is 15.0 Å².